The zero-order valence-corrected chi connectivity index (χ0v) is 18.7. The van der Waals surface area contributed by atoms with Crippen LogP contribution in [-0.4, -0.2) is 29.3 Å². The molecule has 3 aromatic heterocycles. The Kier molecular flexibility index (Phi) is 5.68. The third-order valence-electron chi connectivity index (χ3n) is 5.52. The second kappa shape index (κ2) is 9.08. The van der Waals surface area contributed by atoms with E-state index in [-0.39, 0.29) is 0 Å². The van der Waals surface area contributed by atoms with Crippen LogP contribution < -0.4 is 5.32 Å². The third-order valence-corrected chi connectivity index (χ3v) is 5.52. The number of hydrogen-bond acceptors (Lipinski definition) is 5. The topological polar surface area (TPSA) is 73.5 Å². The predicted octanol–water partition coefficient (Wildman–Crippen LogP) is 4.80. The number of nitrogens with zero attached hydrogens (tertiary/aromatic N) is 6. The van der Waals surface area contributed by atoms with Crippen LogP contribution in [0.1, 0.15) is 22.5 Å². The van der Waals surface area contributed by atoms with Gasteiger partial charge >= 0.3 is 0 Å². The molecular formula is C26H25N7. The van der Waals surface area contributed by atoms with Gasteiger partial charge in [0.05, 0.1) is 24.4 Å². The number of benzene rings is 2. The maximum atomic E-state index is 4.70. The molecule has 7 nitrogen and oxygen atoms in total. The number of anilines is 1. The summed E-state index contributed by atoms with van der Waals surface area (Å²) in [5, 5.41) is 7.93. The first-order valence-electron chi connectivity index (χ1n) is 10.9. The summed E-state index contributed by atoms with van der Waals surface area (Å²) < 4.78 is 3.88. The van der Waals surface area contributed by atoms with Gasteiger partial charge in [-0.05, 0) is 42.2 Å². The van der Waals surface area contributed by atoms with Gasteiger partial charge < -0.3 is 9.88 Å². The highest BCUT2D eigenvalue weighted by Crippen LogP contribution is 2.25. The monoisotopic (exact) mass is 435 g/mol. The summed E-state index contributed by atoms with van der Waals surface area (Å²) in [7, 11) is 0. The van der Waals surface area contributed by atoms with E-state index in [1.54, 1.807) is 18.6 Å². The van der Waals surface area contributed by atoms with Gasteiger partial charge in [-0.2, -0.15) is 5.10 Å². The molecule has 0 bridgehead atoms. The summed E-state index contributed by atoms with van der Waals surface area (Å²) in [5.41, 5.74) is 6.80. The fourth-order valence-electron chi connectivity index (χ4n) is 3.93. The molecule has 0 aliphatic rings. The Hall–Kier alpha value is -4.26. The fraction of sp³-hybridized carbons (Fsp3) is 0.154. The Morgan fingerprint density at radius 3 is 2.55 bits per heavy atom. The lowest BCUT2D eigenvalue weighted by Crippen LogP contribution is -2.07. The van der Waals surface area contributed by atoms with Crippen LogP contribution >= 0.6 is 0 Å². The summed E-state index contributed by atoms with van der Waals surface area (Å²) in [4.78, 5) is 13.2. The largest absolute Gasteiger partial charge is 0.365 e. The summed E-state index contributed by atoms with van der Waals surface area (Å²) in [6.45, 7) is 5.44. The minimum Gasteiger partial charge on any atom is -0.365 e. The van der Waals surface area contributed by atoms with Crippen molar-refractivity contribution in [2.45, 2.75) is 26.9 Å². The van der Waals surface area contributed by atoms with Crippen molar-refractivity contribution < 1.29 is 0 Å². The first kappa shape index (κ1) is 20.6. The lowest BCUT2D eigenvalue weighted by Gasteiger charge is -2.13. The number of aromatic nitrogens is 6. The molecule has 0 radical (unpaired) electrons. The van der Waals surface area contributed by atoms with Crippen molar-refractivity contribution in [1.82, 2.24) is 29.3 Å². The summed E-state index contributed by atoms with van der Waals surface area (Å²) in [6.07, 6.45) is 9.07. The molecule has 0 spiro atoms. The maximum Gasteiger partial charge on any atom is 0.174 e. The van der Waals surface area contributed by atoms with Gasteiger partial charge in [-0.25, -0.2) is 14.6 Å². The van der Waals surface area contributed by atoms with Crippen LogP contribution in [0.3, 0.4) is 0 Å². The van der Waals surface area contributed by atoms with Gasteiger partial charge in [-0.15, -0.1) is 0 Å². The van der Waals surface area contributed by atoms with E-state index in [0.29, 0.717) is 18.2 Å². The van der Waals surface area contributed by atoms with E-state index >= 15 is 0 Å². The lowest BCUT2D eigenvalue weighted by molar-refractivity contribution is 0.797. The minimum atomic E-state index is 0.641. The Morgan fingerprint density at radius 1 is 0.939 bits per heavy atom. The van der Waals surface area contributed by atoms with Gasteiger partial charge in [0.15, 0.2) is 5.82 Å². The standard InChI is InChI=1S/C26H25N7/c1-19-13-20(2)33(31-19)26-16-28-15-25(30-26)29-14-23-5-3-4-6-24(23)22-9-7-21(8-10-22)17-32-12-11-27-18-32/h3-13,15-16,18H,14,17H2,1-2H3,(H,29,30). The van der Waals surface area contributed by atoms with Crippen molar-refractivity contribution in [3.63, 3.8) is 0 Å². The van der Waals surface area contributed by atoms with Crippen LogP contribution in [0.5, 0.6) is 0 Å². The fourth-order valence-corrected chi connectivity index (χ4v) is 3.93. The highest BCUT2D eigenvalue weighted by atomic mass is 15.3. The minimum absolute atomic E-state index is 0.641. The Morgan fingerprint density at radius 2 is 1.79 bits per heavy atom. The molecule has 0 fully saturated rings. The number of hydrogen-bond donors (Lipinski definition) is 1. The molecule has 0 atom stereocenters. The SMILES string of the molecule is Cc1cc(C)n(-c2cncc(NCc3ccccc3-c3ccc(Cn4ccnc4)cc3)n2)n1. The molecule has 2 aromatic carbocycles. The molecule has 0 amide bonds. The first-order valence-corrected chi connectivity index (χ1v) is 10.9. The van der Waals surface area contributed by atoms with Crippen LogP contribution in [0, 0.1) is 13.8 Å². The second-order valence-corrected chi connectivity index (χ2v) is 8.04. The van der Waals surface area contributed by atoms with Gasteiger partial charge in [0, 0.05) is 31.2 Å². The van der Waals surface area contributed by atoms with Gasteiger partial charge in [0.25, 0.3) is 0 Å². The van der Waals surface area contributed by atoms with Crippen LogP contribution in [0.4, 0.5) is 5.82 Å². The predicted molar refractivity (Wildman–Crippen MR) is 129 cm³/mol. The van der Waals surface area contributed by atoms with E-state index in [2.05, 4.69) is 73.5 Å². The molecule has 5 rings (SSSR count). The van der Waals surface area contributed by atoms with E-state index < -0.39 is 0 Å². The van der Waals surface area contributed by atoms with Crippen molar-refractivity contribution in [3.8, 4) is 16.9 Å². The summed E-state index contributed by atoms with van der Waals surface area (Å²) in [5.74, 6) is 1.41. The number of nitrogens with one attached hydrogen (secondary N) is 1. The smallest absolute Gasteiger partial charge is 0.174 e. The normalized spacial score (nSPS) is 11.0. The van der Waals surface area contributed by atoms with Crippen molar-refractivity contribution in [1.29, 1.82) is 0 Å². The van der Waals surface area contributed by atoms with E-state index in [4.69, 9.17) is 4.98 Å². The number of rotatable bonds is 7. The van der Waals surface area contributed by atoms with Gasteiger partial charge in [0.1, 0.15) is 5.82 Å². The average molecular weight is 436 g/mol. The van der Waals surface area contributed by atoms with E-state index in [9.17, 15) is 0 Å². The van der Waals surface area contributed by atoms with Gasteiger partial charge in [0.2, 0.25) is 0 Å². The molecule has 0 aliphatic heterocycles. The van der Waals surface area contributed by atoms with Crippen molar-refractivity contribution in [2.75, 3.05) is 5.32 Å². The van der Waals surface area contributed by atoms with Crippen LogP contribution in [-0.2, 0) is 13.1 Å². The van der Waals surface area contributed by atoms with E-state index in [1.165, 1.54) is 22.3 Å². The van der Waals surface area contributed by atoms with E-state index in [0.717, 1.165) is 17.9 Å². The van der Waals surface area contributed by atoms with Crippen molar-refractivity contribution in [2.24, 2.45) is 0 Å². The molecule has 1 N–H and O–H groups in total. The molecule has 0 unspecified atom stereocenters. The molecule has 3 heterocycles. The molecule has 0 saturated carbocycles. The number of imidazole rings is 1. The average Bonchev–Trinajstić information content (AvgIpc) is 3.47. The zero-order valence-electron chi connectivity index (χ0n) is 18.7. The highest BCUT2D eigenvalue weighted by Gasteiger charge is 2.09. The van der Waals surface area contributed by atoms with Gasteiger partial charge in [-0.1, -0.05) is 48.5 Å². The Balaban J connectivity index is 1.33. The quantitative estimate of drug-likeness (QED) is 0.397. The highest BCUT2D eigenvalue weighted by molar-refractivity contribution is 5.68. The molecule has 33 heavy (non-hydrogen) atoms. The Bertz CT molecular complexity index is 1350. The van der Waals surface area contributed by atoms with Crippen molar-refractivity contribution in [3.05, 3.63) is 108 Å². The molecule has 5 aromatic rings. The molecule has 0 aliphatic carbocycles. The molecule has 0 saturated heterocycles. The van der Waals surface area contributed by atoms with Crippen LogP contribution in [0.15, 0.2) is 85.7 Å². The van der Waals surface area contributed by atoms with Gasteiger partial charge in [-0.3, -0.25) is 4.98 Å². The Labute approximate surface area is 192 Å². The summed E-state index contributed by atoms with van der Waals surface area (Å²) in [6, 6.07) is 19.1. The zero-order chi connectivity index (χ0) is 22.6. The molecule has 7 heteroatoms. The van der Waals surface area contributed by atoms with E-state index in [1.807, 2.05) is 37.1 Å². The van der Waals surface area contributed by atoms with Crippen LogP contribution in [0.2, 0.25) is 0 Å². The maximum absolute atomic E-state index is 4.70. The third kappa shape index (κ3) is 4.67. The molecule has 164 valence electrons. The van der Waals surface area contributed by atoms with Crippen molar-refractivity contribution >= 4 is 5.82 Å². The lowest BCUT2D eigenvalue weighted by atomic mass is 9.98. The summed E-state index contributed by atoms with van der Waals surface area (Å²) >= 11 is 0. The molecular weight excluding hydrogens is 410 g/mol. The first-order chi connectivity index (χ1) is 16.2. The number of aryl methyl sites for hydroxylation is 2. The second-order valence-electron chi connectivity index (χ2n) is 8.04. The van der Waals surface area contributed by atoms with Crippen LogP contribution in [0.25, 0.3) is 16.9 Å².